The molecule has 0 radical (unpaired) electrons. The van der Waals surface area contributed by atoms with Gasteiger partial charge in [-0.2, -0.15) is 0 Å². The third-order valence-corrected chi connectivity index (χ3v) is 4.07. The maximum absolute atomic E-state index is 12.2. The van der Waals surface area contributed by atoms with E-state index in [1.54, 1.807) is 36.4 Å². The molecule has 3 aromatic rings. The van der Waals surface area contributed by atoms with Gasteiger partial charge in [0.25, 0.3) is 0 Å². The molecule has 29 heavy (non-hydrogen) atoms. The number of para-hydroxylation sites is 2. The van der Waals surface area contributed by atoms with Gasteiger partial charge < -0.3 is 19.5 Å². The van der Waals surface area contributed by atoms with Crippen molar-refractivity contribution in [2.75, 3.05) is 18.0 Å². The lowest BCUT2D eigenvalue weighted by Crippen LogP contribution is -2.35. The highest BCUT2D eigenvalue weighted by atomic mass is 16.5. The van der Waals surface area contributed by atoms with Crippen LogP contribution in [0.15, 0.2) is 84.9 Å². The topological polar surface area (TPSA) is 76.1 Å². The van der Waals surface area contributed by atoms with Gasteiger partial charge in [-0.1, -0.05) is 48.5 Å². The summed E-state index contributed by atoms with van der Waals surface area (Å²) >= 11 is 0. The summed E-state index contributed by atoms with van der Waals surface area (Å²) in [5.74, 6) is -0.0931. The van der Waals surface area contributed by atoms with E-state index in [9.17, 15) is 9.59 Å². The van der Waals surface area contributed by atoms with Gasteiger partial charge in [0.15, 0.2) is 0 Å². The van der Waals surface area contributed by atoms with Crippen molar-refractivity contribution in [1.29, 1.82) is 0 Å². The van der Waals surface area contributed by atoms with Crippen molar-refractivity contribution in [3.63, 3.8) is 0 Å². The summed E-state index contributed by atoms with van der Waals surface area (Å²) in [7, 11) is 0. The Kier molecular flexibility index (Phi) is 6.84. The van der Waals surface area contributed by atoms with Crippen LogP contribution < -0.4 is 9.64 Å². The fourth-order valence-electron chi connectivity index (χ4n) is 2.68. The molecule has 0 amide bonds. The smallest absolute Gasteiger partial charge is 0.325 e. The SMILES string of the molecule is O=C(O)CN(CC(=O)OCc1ccc(Oc2ccccc2)cc1)c1ccccc1. The van der Waals surface area contributed by atoms with Gasteiger partial charge in [0, 0.05) is 5.69 Å². The first-order valence-electron chi connectivity index (χ1n) is 9.09. The number of rotatable bonds is 9. The number of hydrogen-bond acceptors (Lipinski definition) is 5. The van der Waals surface area contributed by atoms with Gasteiger partial charge in [0.05, 0.1) is 0 Å². The van der Waals surface area contributed by atoms with Gasteiger partial charge in [-0.15, -0.1) is 0 Å². The highest BCUT2D eigenvalue weighted by Gasteiger charge is 2.15. The second-order valence-corrected chi connectivity index (χ2v) is 6.31. The van der Waals surface area contributed by atoms with Gasteiger partial charge >= 0.3 is 11.9 Å². The lowest BCUT2D eigenvalue weighted by molar-refractivity contribution is -0.143. The molecule has 0 aliphatic carbocycles. The Morgan fingerprint density at radius 1 is 0.759 bits per heavy atom. The highest BCUT2D eigenvalue weighted by Crippen LogP contribution is 2.21. The Hall–Kier alpha value is -3.80. The van der Waals surface area contributed by atoms with Crippen molar-refractivity contribution in [2.24, 2.45) is 0 Å². The Bertz CT molecular complexity index is 927. The van der Waals surface area contributed by atoms with Crippen LogP contribution in [-0.4, -0.2) is 30.1 Å². The minimum Gasteiger partial charge on any atom is -0.480 e. The zero-order chi connectivity index (χ0) is 20.5. The molecule has 0 aliphatic rings. The van der Waals surface area contributed by atoms with E-state index in [-0.39, 0.29) is 19.7 Å². The van der Waals surface area contributed by atoms with E-state index < -0.39 is 11.9 Å². The van der Waals surface area contributed by atoms with Crippen LogP contribution in [0.3, 0.4) is 0 Å². The summed E-state index contributed by atoms with van der Waals surface area (Å²) < 4.78 is 11.0. The zero-order valence-electron chi connectivity index (χ0n) is 15.7. The van der Waals surface area contributed by atoms with Crippen molar-refractivity contribution in [1.82, 2.24) is 0 Å². The number of carbonyl (C=O) groups excluding carboxylic acids is 1. The number of esters is 1. The molecule has 0 heterocycles. The monoisotopic (exact) mass is 391 g/mol. The van der Waals surface area contributed by atoms with Crippen molar-refractivity contribution in [2.45, 2.75) is 6.61 Å². The number of hydrogen-bond donors (Lipinski definition) is 1. The number of carboxylic acid groups (broad SMARTS) is 1. The molecule has 0 saturated carbocycles. The van der Waals surface area contributed by atoms with Gasteiger partial charge in [-0.25, -0.2) is 0 Å². The average Bonchev–Trinajstić information content (AvgIpc) is 2.74. The van der Waals surface area contributed by atoms with Gasteiger partial charge in [0.2, 0.25) is 0 Å². The molecular weight excluding hydrogens is 370 g/mol. The van der Waals surface area contributed by atoms with Crippen molar-refractivity contribution < 1.29 is 24.2 Å². The zero-order valence-corrected chi connectivity index (χ0v) is 15.7. The lowest BCUT2D eigenvalue weighted by atomic mass is 10.2. The van der Waals surface area contributed by atoms with E-state index in [1.807, 2.05) is 48.5 Å². The quantitative estimate of drug-likeness (QED) is 0.553. The Morgan fingerprint density at radius 3 is 1.97 bits per heavy atom. The van der Waals surface area contributed by atoms with E-state index >= 15 is 0 Å². The molecule has 0 atom stereocenters. The van der Waals surface area contributed by atoms with Gasteiger partial charge in [-0.05, 0) is 42.0 Å². The Labute approximate surface area is 168 Å². The van der Waals surface area contributed by atoms with Crippen LogP contribution in [0.2, 0.25) is 0 Å². The fourth-order valence-corrected chi connectivity index (χ4v) is 2.68. The van der Waals surface area contributed by atoms with E-state index in [2.05, 4.69) is 0 Å². The van der Waals surface area contributed by atoms with E-state index in [4.69, 9.17) is 14.6 Å². The summed E-state index contributed by atoms with van der Waals surface area (Å²) in [5.41, 5.74) is 1.46. The van der Waals surface area contributed by atoms with Crippen LogP contribution in [0.1, 0.15) is 5.56 Å². The third-order valence-electron chi connectivity index (χ3n) is 4.07. The highest BCUT2D eigenvalue weighted by molar-refractivity contribution is 5.80. The van der Waals surface area contributed by atoms with Crippen molar-refractivity contribution in [3.8, 4) is 11.5 Å². The first-order valence-corrected chi connectivity index (χ1v) is 9.09. The van der Waals surface area contributed by atoms with Crippen LogP contribution in [0.5, 0.6) is 11.5 Å². The van der Waals surface area contributed by atoms with Gasteiger partial charge in [0.1, 0.15) is 31.2 Å². The number of carboxylic acids is 1. The number of benzene rings is 3. The minimum atomic E-state index is -1.02. The van der Waals surface area contributed by atoms with Crippen LogP contribution in [-0.2, 0) is 20.9 Å². The molecule has 6 heteroatoms. The third kappa shape index (κ3) is 6.39. The molecule has 0 spiro atoms. The molecule has 0 bridgehead atoms. The van der Waals surface area contributed by atoms with Crippen LogP contribution in [0.4, 0.5) is 5.69 Å². The van der Waals surface area contributed by atoms with Crippen molar-refractivity contribution >= 4 is 17.6 Å². The molecule has 148 valence electrons. The number of nitrogens with zero attached hydrogens (tertiary/aromatic N) is 1. The summed E-state index contributed by atoms with van der Waals surface area (Å²) in [6.07, 6.45) is 0. The molecule has 0 aliphatic heterocycles. The van der Waals surface area contributed by atoms with Gasteiger partial charge in [-0.3, -0.25) is 9.59 Å². The largest absolute Gasteiger partial charge is 0.480 e. The lowest BCUT2D eigenvalue weighted by Gasteiger charge is -2.21. The van der Waals surface area contributed by atoms with E-state index in [0.29, 0.717) is 11.4 Å². The minimum absolute atomic E-state index is 0.0974. The predicted octanol–water partition coefficient (Wildman–Crippen LogP) is 4.11. The van der Waals surface area contributed by atoms with Crippen LogP contribution in [0, 0.1) is 0 Å². The molecule has 3 aromatic carbocycles. The average molecular weight is 391 g/mol. The fraction of sp³-hybridized carbons (Fsp3) is 0.130. The Balaban J connectivity index is 1.53. The maximum atomic E-state index is 12.2. The second kappa shape index (κ2) is 9.94. The van der Waals surface area contributed by atoms with E-state index in [0.717, 1.165) is 11.3 Å². The molecule has 0 aromatic heterocycles. The predicted molar refractivity (Wildman–Crippen MR) is 109 cm³/mol. The molecule has 3 rings (SSSR count). The second-order valence-electron chi connectivity index (χ2n) is 6.31. The first-order chi connectivity index (χ1) is 14.1. The summed E-state index contributed by atoms with van der Waals surface area (Å²) in [5, 5.41) is 9.09. The molecule has 0 saturated heterocycles. The molecule has 0 unspecified atom stereocenters. The maximum Gasteiger partial charge on any atom is 0.325 e. The summed E-state index contributed by atoms with van der Waals surface area (Å²) in [4.78, 5) is 24.8. The molecule has 0 fully saturated rings. The summed E-state index contributed by atoms with van der Waals surface area (Å²) in [6, 6.07) is 25.6. The number of carbonyl (C=O) groups is 2. The molecule has 6 nitrogen and oxygen atoms in total. The van der Waals surface area contributed by atoms with E-state index in [1.165, 1.54) is 4.90 Å². The van der Waals surface area contributed by atoms with Crippen molar-refractivity contribution in [3.05, 3.63) is 90.5 Å². The first kappa shape index (κ1) is 19.9. The standard InChI is InChI=1S/C23H21NO5/c25-22(26)15-24(19-7-3-1-4-8-19)16-23(27)28-17-18-11-13-21(14-12-18)29-20-9-5-2-6-10-20/h1-14H,15-17H2,(H,25,26). The number of ether oxygens (including phenoxy) is 2. The Morgan fingerprint density at radius 2 is 1.34 bits per heavy atom. The molecular formula is C23H21NO5. The number of anilines is 1. The normalized spacial score (nSPS) is 10.2. The van der Waals surface area contributed by atoms with Crippen LogP contribution >= 0.6 is 0 Å². The molecule has 1 N–H and O–H groups in total. The summed E-state index contributed by atoms with van der Waals surface area (Å²) in [6.45, 7) is -0.337. The van der Waals surface area contributed by atoms with Crippen LogP contribution in [0.25, 0.3) is 0 Å². The number of aliphatic carboxylic acids is 1.